The van der Waals surface area contributed by atoms with Crippen molar-refractivity contribution in [2.24, 2.45) is 0 Å². The third-order valence-electron chi connectivity index (χ3n) is 4.96. The molecule has 1 saturated heterocycles. The van der Waals surface area contributed by atoms with Crippen molar-refractivity contribution >= 4 is 23.4 Å². The van der Waals surface area contributed by atoms with Gasteiger partial charge in [0.15, 0.2) is 0 Å². The molecule has 0 spiro atoms. The maximum absolute atomic E-state index is 12.9. The summed E-state index contributed by atoms with van der Waals surface area (Å²) in [6.07, 6.45) is 4.70. The van der Waals surface area contributed by atoms with Crippen molar-refractivity contribution in [1.82, 2.24) is 10.2 Å². The minimum atomic E-state index is -0.384. The van der Waals surface area contributed by atoms with Crippen molar-refractivity contribution in [3.63, 3.8) is 0 Å². The summed E-state index contributed by atoms with van der Waals surface area (Å²) in [5.74, 6) is -0.177. The minimum Gasteiger partial charge on any atom is -0.345 e. The van der Waals surface area contributed by atoms with E-state index >= 15 is 0 Å². The van der Waals surface area contributed by atoms with Crippen molar-refractivity contribution in [2.45, 2.75) is 38.1 Å². The summed E-state index contributed by atoms with van der Waals surface area (Å²) in [5, 5.41) is 3.41. The summed E-state index contributed by atoms with van der Waals surface area (Å²) >= 11 is 6.16. The topological polar surface area (TPSA) is 49.4 Å². The largest absolute Gasteiger partial charge is 0.345 e. The maximum Gasteiger partial charge on any atom is 0.253 e. The molecule has 1 fully saturated rings. The van der Waals surface area contributed by atoms with Crippen molar-refractivity contribution in [1.29, 1.82) is 0 Å². The van der Waals surface area contributed by atoms with Crippen molar-refractivity contribution in [2.75, 3.05) is 13.1 Å². The van der Waals surface area contributed by atoms with E-state index in [4.69, 9.17) is 11.6 Å². The van der Waals surface area contributed by atoms with Crippen molar-refractivity contribution in [3.8, 4) is 0 Å². The molecule has 0 saturated carbocycles. The van der Waals surface area contributed by atoms with E-state index in [1.807, 2.05) is 35.2 Å². The third-order valence-corrected chi connectivity index (χ3v) is 5.29. The number of halogens is 1. The lowest BCUT2D eigenvalue weighted by molar-refractivity contribution is -0.131. The zero-order valence-electron chi connectivity index (χ0n) is 15.4. The van der Waals surface area contributed by atoms with Crippen LogP contribution in [0.5, 0.6) is 0 Å². The fourth-order valence-corrected chi connectivity index (χ4v) is 3.66. The summed E-state index contributed by atoms with van der Waals surface area (Å²) < 4.78 is 0. The molecule has 2 aromatic carbocycles. The maximum atomic E-state index is 12.9. The number of likely N-dealkylation sites (tertiary alicyclic amines) is 1. The molecule has 1 aliphatic heterocycles. The van der Waals surface area contributed by atoms with Gasteiger partial charge in [0, 0.05) is 13.1 Å². The van der Waals surface area contributed by atoms with E-state index in [1.165, 1.54) is 12.8 Å². The van der Waals surface area contributed by atoms with E-state index in [0.717, 1.165) is 31.5 Å². The molecule has 1 N–H and O–H groups in total. The molecule has 142 valence electrons. The van der Waals surface area contributed by atoms with Crippen LogP contribution in [0.1, 0.15) is 54.1 Å². The standard InChI is InChI=1S/C22H25ClN2O2/c23-19-13-7-6-12-18(19)22(27)24-20(17-10-4-3-5-11-17)16-21(26)25-14-8-1-2-9-15-25/h3-7,10-13,20H,1-2,8-9,14-16H2,(H,24,27). The van der Waals surface area contributed by atoms with E-state index in [-0.39, 0.29) is 24.3 Å². The zero-order valence-corrected chi connectivity index (χ0v) is 16.1. The van der Waals surface area contributed by atoms with Crippen LogP contribution in [0.25, 0.3) is 0 Å². The Balaban J connectivity index is 1.76. The first-order valence-corrected chi connectivity index (χ1v) is 9.91. The molecule has 0 aromatic heterocycles. The van der Waals surface area contributed by atoms with Gasteiger partial charge in [0.25, 0.3) is 5.91 Å². The van der Waals surface area contributed by atoms with Crippen LogP contribution in [-0.4, -0.2) is 29.8 Å². The molecule has 5 heteroatoms. The first-order chi connectivity index (χ1) is 13.1. The van der Waals surface area contributed by atoms with Gasteiger partial charge in [-0.3, -0.25) is 9.59 Å². The Hall–Kier alpha value is -2.33. The highest BCUT2D eigenvalue weighted by molar-refractivity contribution is 6.33. The van der Waals surface area contributed by atoms with Gasteiger partial charge in [-0.15, -0.1) is 0 Å². The summed E-state index contributed by atoms with van der Waals surface area (Å²) in [5.41, 5.74) is 1.34. The fourth-order valence-electron chi connectivity index (χ4n) is 3.44. The zero-order chi connectivity index (χ0) is 19.1. The van der Waals surface area contributed by atoms with Crippen LogP contribution in [0.4, 0.5) is 0 Å². The molecule has 0 bridgehead atoms. The van der Waals surface area contributed by atoms with E-state index in [1.54, 1.807) is 24.3 Å². The molecule has 27 heavy (non-hydrogen) atoms. The van der Waals surface area contributed by atoms with Gasteiger partial charge in [-0.2, -0.15) is 0 Å². The Bertz CT molecular complexity index is 771. The first-order valence-electron chi connectivity index (χ1n) is 9.53. The number of nitrogens with zero attached hydrogens (tertiary/aromatic N) is 1. The summed E-state index contributed by atoms with van der Waals surface area (Å²) in [6, 6.07) is 16.2. The average Bonchev–Trinajstić information content (AvgIpc) is 2.98. The highest BCUT2D eigenvalue weighted by Crippen LogP contribution is 2.22. The minimum absolute atomic E-state index is 0.0882. The number of carbonyl (C=O) groups excluding carboxylic acids is 2. The van der Waals surface area contributed by atoms with Gasteiger partial charge in [-0.1, -0.05) is 66.9 Å². The van der Waals surface area contributed by atoms with Crippen molar-refractivity contribution in [3.05, 3.63) is 70.7 Å². The van der Waals surface area contributed by atoms with Gasteiger partial charge >= 0.3 is 0 Å². The molecule has 0 radical (unpaired) electrons. The molecule has 0 aliphatic carbocycles. The number of carbonyl (C=O) groups is 2. The molecule has 1 atom stereocenters. The van der Waals surface area contributed by atoms with E-state index < -0.39 is 0 Å². The number of nitrogens with one attached hydrogen (secondary N) is 1. The van der Waals surface area contributed by atoms with Gasteiger partial charge in [-0.25, -0.2) is 0 Å². The van der Waals surface area contributed by atoms with Gasteiger partial charge < -0.3 is 10.2 Å². The van der Waals surface area contributed by atoms with Crippen LogP contribution < -0.4 is 5.32 Å². The number of hydrogen-bond donors (Lipinski definition) is 1. The highest BCUT2D eigenvalue weighted by Gasteiger charge is 2.23. The van der Waals surface area contributed by atoms with E-state index in [0.29, 0.717) is 10.6 Å². The van der Waals surface area contributed by atoms with Gasteiger partial charge in [0.05, 0.1) is 23.0 Å². The highest BCUT2D eigenvalue weighted by atomic mass is 35.5. The lowest BCUT2D eigenvalue weighted by Gasteiger charge is -2.25. The Morgan fingerprint density at radius 2 is 1.56 bits per heavy atom. The second-order valence-electron chi connectivity index (χ2n) is 6.92. The molecular weight excluding hydrogens is 360 g/mol. The smallest absolute Gasteiger partial charge is 0.253 e. The number of amides is 2. The Labute approximate surface area is 165 Å². The van der Waals surface area contributed by atoms with Crippen LogP contribution in [0.3, 0.4) is 0 Å². The number of hydrogen-bond acceptors (Lipinski definition) is 2. The molecule has 4 nitrogen and oxygen atoms in total. The van der Waals surface area contributed by atoms with Gasteiger partial charge in [0.1, 0.15) is 0 Å². The molecule has 2 aromatic rings. The summed E-state index contributed by atoms with van der Waals surface area (Å²) in [4.78, 5) is 27.5. The van der Waals surface area contributed by atoms with Gasteiger partial charge in [0.2, 0.25) is 5.91 Å². The molecular formula is C22H25ClN2O2. The van der Waals surface area contributed by atoms with Crippen LogP contribution in [-0.2, 0) is 4.79 Å². The van der Waals surface area contributed by atoms with Gasteiger partial charge in [-0.05, 0) is 30.5 Å². The number of benzene rings is 2. The first kappa shape index (κ1) is 19.4. The van der Waals surface area contributed by atoms with Crippen LogP contribution >= 0.6 is 11.6 Å². The van der Waals surface area contributed by atoms with Crippen molar-refractivity contribution < 1.29 is 9.59 Å². The normalized spacial score (nSPS) is 15.7. The fraction of sp³-hybridized carbons (Fsp3) is 0.364. The second kappa shape index (κ2) is 9.56. The average molecular weight is 385 g/mol. The molecule has 1 aliphatic rings. The quantitative estimate of drug-likeness (QED) is 0.818. The predicted octanol–water partition coefficient (Wildman–Crippen LogP) is 4.60. The molecule has 1 unspecified atom stereocenters. The summed E-state index contributed by atoms with van der Waals surface area (Å²) in [7, 11) is 0. The third kappa shape index (κ3) is 5.33. The van der Waals surface area contributed by atoms with Crippen LogP contribution in [0, 0.1) is 0 Å². The monoisotopic (exact) mass is 384 g/mol. The SMILES string of the molecule is O=C(NC(CC(=O)N1CCCCCC1)c1ccccc1)c1ccccc1Cl. The van der Waals surface area contributed by atoms with E-state index in [9.17, 15) is 9.59 Å². The molecule has 2 amide bonds. The second-order valence-corrected chi connectivity index (χ2v) is 7.32. The Kier molecular flexibility index (Phi) is 6.88. The lowest BCUT2D eigenvalue weighted by Crippen LogP contribution is -2.37. The lowest BCUT2D eigenvalue weighted by atomic mass is 10.0. The number of rotatable bonds is 5. The van der Waals surface area contributed by atoms with Crippen LogP contribution in [0.15, 0.2) is 54.6 Å². The Morgan fingerprint density at radius 1 is 0.926 bits per heavy atom. The Morgan fingerprint density at radius 3 is 2.22 bits per heavy atom. The molecule has 1 heterocycles. The molecule has 3 rings (SSSR count). The van der Waals surface area contributed by atoms with Crippen LogP contribution in [0.2, 0.25) is 5.02 Å². The van der Waals surface area contributed by atoms with E-state index in [2.05, 4.69) is 5.32 Å². The predicted molar refractivity (Wildman–Crippen MR) is 108 cm³/mol. The summed E-state index contributed by atoms with van der Waals surface area (Å²) in [6.45, 7) is 1.61.